The van der Waals surface area contributed by atoms with Crippen LogP contribution in [-0.2, 0) is 12.8 Å². The lowest BCUT2D eigenvalue weighted by molar-refractivity contribution is 0.389. The molecule has 0 N–H and O–H groups in total. The van der Waals surface area contributed by atoms with E-state index in [2.05, 4.69) is 67.5 Å². The minimum Gasteiger partial charge on any atom is -0.309 e. The van der Waals surface area contributed by atoms with Crippen molar-refractivity contribution in [2.45, 2.75) is 31.6 Å². The molecular weight excluding hydrogens is 254 g/mol. The second kappa shape index (κ2) is 6.44. The van der Waals surface area contributed by atoms with Crippen molar-refractivity contribution in [2.75, 3.05) is 20.6 Å². The van der Waals surface area contributed by atoms with Gasteiger partial charge in [0, 0.05) is 5.92 Å². The average Bonchev–Trinajstić information content (AvgIpc) is 2.65. The molecule has 0 bridgehead atoms. The second-order valence-electron chi connectivity index (χ2n) is 6.40. The molecule has 2 aromatic carbocycles. The molecule has 0 unspecified atom stereocenters. The smallest absolute Gasteiger partial charge is 0.00952 e. The molecule has 1 nitrogen and oxygen atoms in total. The highest BCUT2D eigenvalue weighted by Gasteiger charge is 2.22. The molecule has 21 heavy (non-hydrogen) atoms. The molecule has 0 saturated carbocycles. The van der Waals surface area contributed by atoms with Gasteiger partial charge in [0.15, 0.2) is 0 Å². The van der Waals surface area contributed by atoms with E-state index in [0.717, 1.165) is 0 Å². The zero-order valence-corrected chi connectivity index (χ0v) is 13.2. The molecule has 0 saturated heterocycles. The lowest BCUT2D eigenvalue weighted by Crippen LogP contribution is -2.14. The number of nitrogens with zero attached hydrogens (tertiary/aromatic N) is 1. The molecule has 0 heterocycles. The van der Waals surface area contributed by atoms with E-state index in [1.807, 2.05) is 0 Å². The molecule has 3 rings (SSSR count). The number of fused-ring (bicyclic) bond motifs is 2. The summed E-state index contributed by atoms with van der Waals surface area (Å²) in [6.07, 6.45) is 4.85. The Bertz CT molecular complexity index is 553. The van der Waals surface area contributed by atoms with Crippen LogP contribution in [0.5, 0.6) is 0 Å². The third-order valence-electron chi connectivity index (χ3n) is 4.62. The lowest BCUT2D eigenvalue weighted by Gasteiger charge is -2.21. The Morgan fingerprint density at radius 2 is 1.38 bits per heavy atom. The zero-order valence-electron chi connectivity index (χ0n) is 13.2. The van der Waals surface area contributed by atoms with Gasteiger partial charge in [0.1, 0.15) is 0 Å². The Morgan fingerprint density at radius 3 is 1.90 bits per heavy atom. The van der Waals surface area contributed by atoms with Crippen molar-refractivity contribution in [3.63, 3.8) is 0 Å². The van der Waals surface area contributed by atoms with Gasteiger partial charge in [-0.05, 0) is 68.6 Å². The summed E-state index contributed by atoms with van der Waals surface area (Å²) in [5, 5.41) is 0. The molecule has 2 aromatic rings. The molecule has 0 amide bonds. The van der Waals surface area contributed by atoms with Crippen molar-refractivity contribution in [3.8, 4) is 0 Å². The number of hydrogen-bond acceptors (Lipinski definition) is 1. The van der Waals surface area contributed by atoms with E-state index in [-0.39, 0.29) is 0 Å². The number of aryl methyl sites for hydroxylation is 2. The van der Waals surface area contributed by atoms with Gasteiger partial charge in [-0.25, -0.2) is 0 Å². The first-order valence-corrected chi connectivity index (χ1v) is 8.06. The summed E-state index contributed by atoms with van der Waals surface area (Å²) < 4.78 is 0. The van der Waals surface area contributed by atoms with Crippen LogP contribution < -0.4 is 0 Å². The van der Waals surface area contributed by atoms with Crippen LogP contribution in [0.3, 0.4) is 0 Å². The van der Waals surface area contributed by atoms with Crippen LogP contribution >= 0.6 is 0 Å². The van der Waals surface area contributed by atoms with Crippen molar-refractivity contribution in [3.05, 3.63) is 70.8 Å². The summed E-state index contributed by atoms with van der Waals surface area (Å²) in [6, 6.07) is 18.1. The van der Waals surface area contributed by atoms with Gasteiger partial charge in [-0.15, -0.1) is 0 Å². The molecule has 1 aliphatic rings. The Labute approximate surface area is 128 Å². The molecule has 1 aliphatic carbocycles. The maximum atomic E-state index is 2.34. The van der Waals surface area contributed by atoms with Crippen LogP contribution in [0.4, 0.5) is 0 Å². The standard InChI is InChI=1S/C20H25N/c1-21(2)15-7-12-20-18-10-5-3-8-16(18)13-14-17-9-4-6-11-19(17)20/h3-6,8-11,20H,7,12-15H2,1-2H3. The lowest BCUT2D eigenvalue weighted by atomic mass is 9.85. The molecule has 0 aromatic heterocycles. The molecule has 0 fully saturated rings. The fourth-order valence-electron chi connectivity index (χ4n) is 3.56. The van der Waals surface area contributed by atoms with Crippen LogP contribution in [0.25, 0.3) is 0 Å². The highest BCUT2D eigenvalue weighted by atomic mass is 15.0. The van der Waals surface area contributed by atoms with Crippen LogP contribution in [-0.4, -0.2) is 25.5 Å². The van der Waals surface area contributed by atoms with Crippen LogP contribution in [0.15, 0.2) is 48.5 Å². The zero-order chi connectivity index (χ0) is 14.7. The Kier molecular flexibility index (Phi) is 4.40. The van der Waals surface area contributed by atoms with Gasteiger partial charge in [0.25, 0.3) is 0 Å². The van der Waals surface area contributed by atoms with Gasteiger partial charge < -0.3 is 4.90 Å². The van der Waals surface area contributed by atoms with E-state index in [0.29, 0.717) is 5.92 Å². The van der Waals surface area contributed by atoms with Gasteiger partial charge in [0.05, 0.1) is 0 Å². The summed E-state index contributed by atoms with van der Waals surface area (Å²) in [4.78, 5) is 2.29. The first-order chi connectivity index (χ1) is 10.3. The molecule has 0 atom stereocenters. The van der Waals surface area contributed by atoms with E-state index in [1.54, 1.807) is 22.3 Å². The largest absolute Gasteiger partial charge is 0.309 e. The molecule has 0 radical (unpaired) electrons. The first kappa shape index (κ1) is 14.3. The SMILES string of the molecule is CN(C)CCCC1c2ccccc2CCc2ccccc21. The van der Waals surface area contributed by atoms with E-state index in [1.165, 1.54) is 32.2 Å². The van der Waals surface area contributed by atoms with Gasteiger partial charge in [0.2, 0.25) is 0 Å². The monoisotopic (exact) mass is 279 g/mol. The van der Waals surface area contributed by atoms with Gasteiger partial charge >= 0.3 is 0 Å². The maximum absolute atomic E-state index is 2.34. The first-order valence-electron chi connectivity index (χ1n) is 8.06. The second-order valence-corrected chi connectivity index (χ2v) is 6.40. The quantitative estimate of drug-likeness (QED) is 0.808. The highest BCUT2D eigenvalue weighted by molar-refractivity contribution is 5.44. The summed E-state index contributed by atoms with van der Waals surface area (Å²) in [7, 11) is 4.32. The van der Waals surface area contributed by atoms with Crippen LogP contribution in [0, 0.1) is 0 Å². The topological polar surface area (TPSA) is 3.24 Å². The predicted molar refractivity (Wildman–Crippen MR) is 89.9 cm³/mol. The molecule has 0 aliphatic heterocycles. The number of rotatable bonds is 4. The van der Waals surface area contributed by atoms with E-state index in [9.17, 15) is 0 Å². The van der Waals surface area contributed by atoms with E-state index >= 15 is 0 Å². The van der Waals surface area contributed by atoms with Crippen molar-refractivity contribution >= 4 is 0 Å². The predicted octanol–water partition coefficient (Wildman–Crippen LogP) is 4.26. The molecular formula is C20H25N. The van der Waals surface area contributed by atoms with Crippen LogP contribution in [0.2, 0.25) is 0 Å². The van der Waals surface area contributed by atoms with Crippen LogP contribution in [0.1, 0.15) is 41.0 Å². The van der Waals surface area contributed by atoms with Crippen molar-refractivity contribution < 1.29 is 0 Å². The summed E-state index contributed by atoms with van der Waals surface area (Å²) in [5.41, 5.74) is 6.20. The molecule has 110 valence electrons. The molecule has 1 heteroatoms. The van der Waals surface area contributed by atoms with Crippen molar-refractivity contribution in [2.24, 2.45) is 0 Å². The summed E-state index contributed by atoms with van der Waals surface area (Å²) in [5.74, 6) is 0.569. The number of benzene rings is 2. The Hall–Kier alpha value is -1.60. The normalized spacial score (nSPS) is 14.6. The minimum absolute atomic E-state index is 0.569. The van der Waals surface area contributed by atoms with Gasteiger partial charge in [-0.3, -0.25) is 0 Å². The van der Waals surface area contributed by atoms with Gasteiger partial charge in [-0.1, -0.05) is 48.5 Å². The van der Waals surface area contributed by atoms with Crippen molar-refractivity contribution in [1.82, 2.24) is 4.90 Å². The number of hydrogen-bond donors (Lipinski definition) is 0. The highest BCUT2D eigenvalue weighted by Crippen LogP contribution is 2.37. The third kappa shape index (κ3) is 3.19. The Morgan fingerprint density at radius 1 is 0.857 bits per heavy atom. The summed E-state index contributed by atoms with van der Waals surface area (Å²) in [6.45, 7) is 1.17. The van der Waals surface area contributed by atoms with E-state index < -0.39 is 0 Å². The fraction of sp³-hybridized carbons (Fsp3) is 0.400. The summed E-state index contributed by atoms with van der Waals surface area (Å²) >= 11 is 0. The van der Waals surface area contributed by atoms with Crippen molar-refractivity contribution in [1.29, 1.82) is 0 Å². The minimum atomic E-state index is 0.569. The molecule has 0 spiro atoms. The fourth-order valence-corrected chi connectivity index (χ4v) is 3.56. The average molecular weight is 279 g/mol. The third-order valence-corrected chi connectivity index (χ3v) is 4.62. The van der Waals surface area contributed by atoms with E-state index in [4.69, 9.17) is 0 Å². The maximum Gasteiger partial charge on any atom is 0.00952 e. The van der Waals surface area contributed by atoms with Gasteiger partial charge in [-0.2, -0.15) is 0 Å². The Balaban J connectivity index is 1.95.